The van der Waals surface area contributed by atoms with Crippen molar-refractivity contribution in [1.29, 1.82) is 0 Å². The third-order valence-corrected chi connectivity index (χ3v) is 3.18. The van der Waals surface area contributed by atoms with E-state index in [9.17, 15) is 4.79 Å². The molecule has 0 saturated heterocycles. The van der Waals surface area contributed by atoms with E-state index < -0.39 is 0 Å². The van der Waals surface area contributed by atoms with Crippen LogP contribution in [0.5, 0.6) is 0 Å². The summed E-state index contributed by atoms with van der Waals surface area (Å²) in [6, 6.07) is 5.62. The van der Waals surface area contributed by atoms with Gasteiger partial charge in [0.1, 0.15) is 0 Å². The molecule has 16 heavy (non-hydrogen) atoms. The second-order valence-electron chi connectivity index (χ2n) is 4.67. The lowest BCUT2D eigenvalue weighted by molar-refractivity contribution is 0.828. The van der Waals surface area contributed by atoms with Crippen molar-refractivity contribution in [3.63, 3.8) is 0 Å². The summed E-state index contributed by atoms with van der Waals surface area (Å²) in [4.78, 5) is 15.3. The van der Waals surface area contributed by atoms with Crippen LogP contribution in [0.2, 0.25) is 0 Å². The Morgan fingerprint density at radius 2 is 1.88 bits per heavy atom. The molecule has 0 amide bonds. The molecule has 84 valence electrons. The minimum absolute atomic E-state index is 0.112. The normalized spacial score (nSPS) is 11.3. The van der Waals surface area contributed by atoms with Gasteiger partial charge in [0.15, 0.2) is 5.43 Å². The summed E-state index contributed by atoms with van der Waals surface area (Å²) in [5.41, 5.74) is 4.48. The molecule has 0 aliphatic heterocycles. The summed E-state index contributed by atoms with van der Waals surface area (Å²) >= 11 is 0. The molecule has 0 fully saturated rings. The highest BCUT2D eigenvalue weighted by molar-refractivity contribution is 5.82. The Kier molecular flexibility index (Phi) is 2.58. The number of benzene rings is 1. The fourth-order valence-corrected chi connectivity index (χ4v) is 1.89. The summed E-state index contributed by atoms with van der Waals surface area (Å²) in [7, 11) is 0. The molecule has 2 aromatic rings. The lowest BCUT2D eigenvalue weighted by Gasteiger charge is -2.10. The zero-order valence-corrected chi connectivity index (χ0v) is 10.2. The summed E-state index contributed by atoms with van der Waals surface area (Å²) < 4.78 is 0. The highest BCUT2D eigenvalue weighted by atomic mass is 16.1. The van der Waals surface area contributed by atoms with Crippen LogP contribution in [0.25, 0.3) is 10.9 Å². The summed E-state index contributed by atoms with van der Waals surface area (Å²) in [5.74, 6) is 0.344. The molecule has 1 aromatic heterocycles. The molecule has 0 bridgehead atoms. The van der Waals surface area contributed by atoms with Gasteiger partial charge in [-0.1, -0.05) is 19.9 Å². The first-order valence-corrected chi connectivity index (χ1v) is 5.64. The molecular weight excluding hydrogens is 198 g/mol. The van der Waals surface area contributed by atoms with E-state index >= 15 is 0 Å². The Balaban J connectivity index is 2.89. The van der Waals surface area contributed by atoms with Gasteiger partial charge in [-0.15, -0.1) is 0 Å². The number of aromatic nitrogens is 1. The average Bonchev–Trinajstić information content (AvgIpc) is 2.23. The molecule has 2 heteroatoms. The standard InChI is InChI=1S/C14H17NO/c1-8(2)12-7-13(16)11-6-5-9(3)10(4)14(11)15-12/h5-8H,1-4H3,(H,15,16). The largest absolute Gasteiger partial charge is 0.358 e. The minimum Gasteiger partial charge on any atom is -0.358 e. The Morgan fingerprint density at radius 1 is 1.19 bits per heavy atom. The highest BCUT2D eigenvalue weighted by Crippen LogP contribution is 2.19. The van der Waals surface area contributed by atoms with Gasteiger partial charge in [-0.2, -0.15) is 0 Å². The van der Waals surface area contributed by atoms with Gasteiger partial charge in [0, 0.05) is 17.1 Å². The van der Waals surface area contributed by atoms with Crippen LogP contribution >= 0.6 is 0 Å². The summed E-state index contributed by atoms with van der Waals surface area (Å²) in [5, 5.41) is 0.785. The maximum atomic E-state index is 11.9. The van der Waals surface area contributed by atoms with Crippen LogP contribution in [0.3, 0.4) is 0 Å². The van der Waals surface area contributed by atoms with E-state index in [4.69, 9.17) is 0 Å². The van der Waals surface area contributed by atoms with E-state index in [0.29, 0.717) is 5.92 Å². The first-order chi connectivity index (χ1) is 7.50. The number of hydrogen-bond donors (Lipinski definition) is 1. The van der Waals surface area contributed by atoms with Crippen molar-refractivity contribution < 1.29 is 0 Å². The van der Waals surface area contributed by atoms with Crippen LogP contribution in [0.15, 0.2) is 23.0 Å². The lowest BCUT2D eigenvalue weighted by Crippen LogP contribution is -2.07. The van der Waals surface area contributed by atoms with Crippen molar-refractivity contribution >= 4 is 10.9 Å². The molecule has 0 aliphatic carbocycles. The van der Waals surface area contributed by atoms with Crippen LogP contribution < -0.4 is 5.43 Å². The molecule has 2 rings (SSSR count). The van der Waals surface area contributed by atoms with E-state index in [1.54, 1.807) is 6.07 Å². The van der Waals surface area contributed by atoms with Crippen molar-refractivity contribution in [1.82, 2.24) is 4.98 Å². The topological polar surface area (TPSA) is 32.9 Å². The van der Waals surface area contributed by atoms with Crippen molar-refractivity contribution in [3.05, 3.63) is 45.2 Å². The van der Waals surface area contributed by atoms with Gasteiger partial charge in [0.2, 0.25) is 0 Å². The maximum absolute atomic E-state index is 11.9. The lowest BCUT2D eigenvalue weighted by atomic mass is 10.0. The number of nitrogens with one attached hydrogen (secondary N) is 1. The number of rotatable bonds is 1. The third-order valence-electron chi connectivity index (χ3n) is 3.18. The van der Waals surface area contributed by atoms with Gasteiger partial charge in [-0.05, 0) is 37.0 Å². The number of H-pyrrole nitrogens is 1. The van der Waals surface area contributed by atoms with Gasteiger partial charge in [0.05, 0.1) is 5.52 Å². The van der Waals surface area contributed by atoms with E-state index in [1.165, 1.54) is 5.56 Å². The molecule has 0 radical (unpaired) electrons. The zero-order valence-electron chi connectivity index (χ0n) is 10.2. The number of aromatic amines is 1. The average molecular weight is 215 g/mol. The molecule has 0 atom stereocenters. The summed E-state index contributed by atoms with van der Waals surface area (Å²) in [6.45, 7) is 8.29. The van der Waals surface area contributed by atoms with Crippen LogP contribution in [0.4, 0.5) is 0 Å². The first kappa shape index (κ1) is 10.9. The molecular formula is C14H17NO. The molecule has 0 saturated carbocycles. The molecule has 0 aliphatic rings. The maximum Gasteiger partial charge on any atom is 0.189 e. The second-order valence-corrected chi connectivity index (χ2v) is 4.67. The van der Waals surface area contributed by atoms with Gasteiger partial charge >= 0.3 is 0 Å². The Hall–Kier alpha value is -1.57. The Morgan fingerprint density at radius 3 is 2.50 bits per heavy atom. The monoisotopic (exact) mass is 215 g/mol. The molecule has 0 unspecified atom stereocenters. The summed E-state index contributed by atoms with van der Waals surface area (Å²) in [6.07, 6.45) is 0. The Bertz CT molecular complexity index is 593. The molecule has 1 N–H and O–H groups in total. The zero-order chi connectivity index (χ0) is 11.9. The van der Waals surface area contributed by atoms with E-state index in [1.807, 2.05) is 12.1 Å². The number of hydrogen-bond acceptors (Lipinski definition) is 1. The smallest absolute Gasteiger partial charge is 0.189 e. The van der Waals surface area contributed by atoms with Crippen LogP contribution in [-0.4, -0.2) is 4.98 Å². The van der Waals surface area contributed by atoms with Crippen molar-refractivity contribution in [2.75, 3.05) is 0 Å². The molecule has 0 spiro atoms. The van der Waals surface area contributed by atoms with Crippen molar-refractivity contribution in [2.24, 2.45) is 0 Å². The van der Waals surface area contributed by atoms with Gasteiger partial charge in [0.25, 0.3) is 0 Å². The van der Waals surface area contributed by atoms with Crippen LogP contribution in [0, 0.1) is 13.8 Å². The number of pyridine rings is 1. The van der Waals surface area contributed by atoms with Gasteiger partial charge < -0.3 is 4.98 Å². The minimum atomic E-state index is 0.112. The first-order valence-electron chi connectivity index (χ1n) is 5.64. The van der Waals surface area contributed by atoms with Crippen molar-refractivity contribution in [3.8, 4) is 0 Å². The SMILES string of the molecule is Cc1ccc2c(=O)cc(C(C)C)[nH]c2c1C. The fourth-order valence-electron chi connectivity index (χ4n) is 1.89. The quantitative estimate of drug-likeness (QED) is 0.778. The fraction of sp³-hybridized carbons (Fsp3) is 0.357. The number of fused-ring (bicyclic) bond motifs is 1. The van der Waals surface area contributed by atoms with Gasteiger partial charge in [-0.3, -0.25) is 4.79 Å². The van der Waals surface area contributed by atoms with E-state index in [0.717, 1.165) is 22.2 Å². The van der Waals surface area contributed by atoms with Crippen LogP contribution in [-0.2, 0) is 0 Å². The van der Waals surface area contributed by atoms with Crippen LogP contribution in [0.1, 0.15) is 36.6 Å². The Labute approximate surface area is 95.3 Å². The number of aryl methyl sites for hydroxylation is 2. The third kappa shape index (κ3) is 1.64. The van der Waals surface area contributed by atoms with E-state index in [-0.39, 0.29) is 5.43 Å². The predicted molar refractivity (Wildman–Crippen MR) is 68.1 cm³/mol. The molecule has 1 heterocycles. The van der Waals surface area contributed by atoms with Gasteiger partial charge in [-0.25, -0.2) is 0 Å². The molecule has 1 aromatic carbocycles. The van der Waals surface area contributed by atoms with E-state index in [2.05, 4.69) is 32.7 Å². The molecule has 2 nitrogen and oxygen atoms in total. The van der Waals surface area contributed by atoms with Crippen molar-refractivity contribution in [2.45, 2.75) is 33.6 Å². The second kappa shape index (κ2) is 3.78. The predicted octanol–water partition coefficient (Wildman–Crippen LogP) is 3.27. The highest BCUT2D eigenvalue weighted by Gasteiger charge is 2.07.